The number of rotatable bonds is 7. The predicted molar refractivity (Wildman–Crippen MR) is 133 cm³/mol. The number of hydrogen-bond donors (Lipinski definition) is 1. The summed E-state index contributed by atoms with van der Waals surface area (Å²) < 4.78 is 0. The number of allylic oxidation sites excluding steroid dienone is 2. The Morgan fingerprint density at radius 3 is 2.35 bits per heavy atom. The van der Waals surface area contributed by atoms with E-state index in [1.54, 1.807) is 0 Å². The molecule has 178 valence electrons. The van der Waals surface area contributed by atoms with E-state index in [0.717, 1.165) is 54.3 Å². The van der Waals surface area contributed by atoms with Crippen LogP contribution < -0.4 is 0 Å². The van der Waals surface area contributed by atoms with Gasteiger partial charge in [0.25, 0.3) is 0 Å². The Bertz CT molecular complexity index is 649. The molecule has 0 aromatic rings. The van der Waals surface area contributed by atoms with E-state index in [1.807, 2.05) is 5.57 Å². The molecule has 0 bridgehead atoms. The molecule has 3 saturated carbocycles. The molecule has 0 aromatic carbocycles. The summed E-state index contributed by atoms with van der Waals surface area (Å²) in [5, 5.41) is 10.3. The van der Waals surface area contributed by atoms with E-state index in [-0.39, 0.29) is 6.10 Å². The molecule has 1 heteroatoms. The highest BCUT2D eigenvalue weighted by molar-refractivity contribution is 5.27. The summed E-state index contributed by atoms with van der Waals surface area (Å²) in [7, 11) is 0. The van der Waals surface area contributed by atoms with Gasteiger partial charge >= 0.3 is 0 Å². The van der Waals surface area contributed by atoms with Gasteiger partial charge in [-0.2, -0.15) is 0 Å². The van der Waals surface area contributed by atoms with Gasteiger partial charge < -0.3 is 5.11 Å². The molecule has 0 aromatic heterocycles. The standard InChI is InChI=1S/C30H52O/c1-7-8-22(20(2)3)10-9-21(4)26-13-14-27-25-12-11-23-19-24(31)15-17-29(23,5)28(25)16-18-30(26,27)6/h12,20-24,26-28,31H,7-11,13-19H2,1-6H3/t21-,22-,23?,24?,26-,27+,28+,29+,30-/m1/s1. The van der Waals surface area contributed by atoms with Gasteiger partial charge in [0.05, 0.1) is 6.10 Å². The first-order valence-electron chi connectivity index (χ1n) is 14.1. The van der Waals surface area contributed by atoms with Crippen molar-refractivity contribution in [3.8, 4) is 0 Å². The van der Waals surface area contributed by atoms with E-state index in [4.69, 9.17) is 0 Å². The Labute approximate surface area is 193 Å². The van der Waals surface area contributed by atoms with E-state index < -0.39 is 0 Å². The van der Waals surface area contributed by atoms with E-state index >= 15 is 0 Å². The third kappa shape index (κ3) is 4.20. The van der Waals surface area contributed by atoms with Gasteiger partial charge in [0, 0.05) is 0 Å². The topological polar surface area (TPSA) is 20.2 Å². The third-order valence-electron chi connectivity index (χ3n) is 11.4. The molecule has 0 saturated heterocycles. The number of aliphatic hydroxyl groups excluding tert-OH is 1. The minimum Gasteiger partial charge on any atom is -0.393 e. The zero-order valence-electron chi connectivity index (χ0n) is 21.6. The molecule has 4 aliphatic rings. The van der Waals surface area contributed by atoms with Crippen molar-refractivity contribution in [1.29, 1.82) is 0 Å². The Morgan fingerprint density at radius 2 is 1.65 bits per heavy atom. The molecular formula is C30H52O. The molecule has 0 amide bonds. The van der Waals surface area contributed by atoms with Crippen LogP contribution in [0.3, 0.4) is 0 Å². The smallest absolute Gasteiger partial charge is 0.0543 e. The summed E-state index contributed by atoms with van der Waals surface area (Å²) in [5.74, 6) is 5.93. The van der Waals surface area contributed by atoms with Crippen molar-refractivity contribution < 1.29 is 5.11 Å². The van der Waals surface area contributed by atoms with Crippen molar-refractivity contribution in [3.63, 3.8) is 0 Å². The van der Waals surface area contributed by atoms with Gasteiger partial charge in [-0.05, 0) is 110 Å². The van der Waals surface area contributed by atoms with Crippen molar-refractivity contribution >= 4 is 0 Å². The van der Waals surface area contributed by atoms with Crippen LogP contribution in [-0.4, -0.2) is 11.2 Å². The summed E-state index contributed by atoms with van der Waals surface area (Å²) >= 11 is 0. The average molecular weight is 429 g/mol. The highest BCUT2D eigenvalue weighted by Gasteiger charge is 2.58. The van der Waals surface area contributed by atoms with Crippen molar-refractivity contribution in [2.45, 2.75) is 125 Å². The second-order valence-corrected chi connectivity index (χ2v) is 13.3. The molecule has 9 atom stereocenters. The van der Waals surface area contributed by atoms with Crippen LogP contribution in [0.15, 0.2) is 11.6 Å². The maximum Gasteiger partial charge on any atom is 0.0543 e. The third-order valence-corrected chi connectivity index (χ3v) is 11.4. The quantitative estimate of drug-likeness (QED) is 0.403. The Kier molecular flexibility index (Phi) is 7.04. The Hall–Kier alpha value is -0.300. The van der Waals surface area contributed by atoms with Gasteiger partial charge in [-0.3, -0.25) is 0 Å². The summed E-state index contributed by atoms with van der Waals surface area (Å²) in [6.45, 7) is 15.1. The average Bonchev–Trinajstić information content (AvgIpc) is 3.08. The number of aliphatic hydroxyl groups is 1. The van der Waals surface area contributed by atoms with E-state index in [0.29, 0.717) is 10.8 Å². The largest absolute Gasteiger partial charge is 0.393 e. The van der Waals surface area contributed by atoms with Crippen LogP contribution in [-0.2, 0) is 0 Å². The van der Waals surface area contributed by atoms with Gasteiger partial charge in [0.15, 0.2) is 0 Å². The van der Waals surface area contributed by atoms with Crippen LogP contribution in [0.1, 0.15) is 119 Å². The maximum absolute atomic E-state index is 10.3. The van der Waals surface area contributed by atoms with Gasteiger partial charge in [0.2, 0.25) is 0 Å². The van der Waals surface area contributed by atoms with Crippen molar-refractivity contribution in [2.75, 3.05) is 0 Å². The summed E-state index contributed by atoms with van der Waals surface area (Å²) in [5.41, 5.74) is 2.88. The lowest BCUT2D eigenvalue weighted by atomic mass is 9.47. The molecule has 1 N–H and O–H groups in total. The lowest BCUT2D eigenvalue weighted by Gasteiger charge is -2.57. The number of fused-ring (bicyclic) bond motifs is 5. The monoisotopic (exact) mass is 428 g/mol. The minimum atomic E-state index is -0.0408. The first kappa shape index (κ1) is 23.8. The predicted octanol–water partition coefficient (Wildman–Crippen LogP) is 8.41. The molecule has 0 heterocycles. The lowest BCUT2D eigenvalue weighted by Crippen LogP contribution is -2.49. The normalized spacial score (nSPS) is 44.3. The minimum absolute atomic E-state index is 0.0408. The molecule has 4 aliphatic carbocycles. The first-order chi connectivity index (χ1) is 14.7. The van der Waals surface area contributed by atoms with Crippen LogP contribution in [0.5, 0.6) is 0 Å². The Morgan fingerprint density at radius 1 is 0.935 bits per heavy atom. The van der Waals surface area contributed by atoms with Gasteiger partial charge in [-0.15, -0.1) is 0 Å². The van der Waals surface area contributed by atoms with E-state index in [1.165, 1.54) is 64.2 Å². The van der Waals surface area contributed by atoms with Crippen LogP contribution in [0.2, 0.25) is 0 Å². The summed E-state index contributed by atoms with van der Waals surface area (Å²) in [6, 6.07) is 0. The molecule has 0 aliphatic heterocycles. The molecule has 2 unspecified atom stereocenters. The van der Waals surface area contributed by atoms with Crippen LogP contribution in [0, 0.1) is 52.3 Å². The van der Waals surface area contributed by atoms with Gasteiger partial charge in [0.1, 0.15) is 0 Å². The molecule has 4 rings (SSSR count). The zero-order valence-corrected chi connectivity index (χ0v) is 21.6. The molecule has 31 heavy (non-hydrogen) atoms. The zero-order chi connectivity index (χ0) is 22.4. The van der Waals surface area contributed by atoms with Crippen LogP contribution in [0.4, 0.5) is 0 Å². The van der Waals surface area contributed by atoms with Crippen molar-refractivity contribution in [2.24, 2.45) is 52.3 Å². The second-order valence-electron chi connectivity index (χ2n) is 13.3. The lowest BCUT2D eigenvalue weighted by molar-refractivity contribution is -0.0428. The van der Waals surface area contributed by atoms with Crippen LogP contribution in [0.25, 0.3) is 0 Å². The van der Waals surface area contributed by atoms with E-state index in [2.05, 4.69) is 47.6 Å². The fourth-order valence-corrected chi connectivity index (χ4v) is 9.33. The maximum atomic E-state index is 10.3. The van der Waals surface area contributed by atoms with Gasteiger partial charge in [-0.25, -0.2) is 0 Å². The molecule has 1 nitrogen and oxygen atoms in total. The summed E-state index contributed by atoms with van der Waals surface area (Å²) in [6.07, 6.45) is 18.6. The Balaban J connectivity index is 1.46. The van der Waals surface area contributed by atoms with Crippen molar-refractivity contribution in [1.82, 2.24) is 0 Å². The molecule has 3 fully saturated rings. The molecule has 0 spiro atoms. The first-order valence-corrected chi connectivity index (χ1v) is 14.1. The molecular weight excluding hydrogens is 376 g/mol. The fraction of sp³-hybridized carbons (Fsp3) is 0.933. The van der Waals surface area contributed by atoms with Crippen molar-refractivity contribution in [3.05, 3.63) is 11.6 Å². The van der Waals surface area contributed by atoms with E-state index in [9.17, 15) is 5.11 Å². The summed E-state index contributed by atoms with van der Waals surface area (Å²) in [4.78, 5) is 0. The molecule has 0 radical (unpaired) electrons. The highest BCUT2D eigenvalue weighted by Crippen LogP contribution is 2.67. The van der Waals surface area contributed by atoms with Crippen LogP contribution >= 0.6 is 0 Å². The fourth-order valence-electron chi connectivity index (χ4n) is 9.33. The highest BCUT2D eigenvalue weighted by atomic mass is 16.3. The number of hydrogen-bond acceptors (Lipinski definition) is 1. The second kappa shape index (κ2) is 9.15. The SMILES string of the molecule is CCC[C@H](CC[C@@H](C)[C@H]1CC[C@H]2C3=CCC4CC(O)CC[C@]4(C)[C@H]3CC[C@]12C)C(C)C. The van der Waals surface area contributed by atoms with Gasteiger partial charge in [-0.1, -0.05) is 72.5 Å².